The molecule has 2 rings (SSSR count). The highest BCUT2D eigenvalue weighted by Crippen LogP contribution is 2.24. The van der Waals surface area contributed by atoms with Crippen LogP contribution in [0, 0.1) is 0 Å². The first-order valence-electron chi connectivity index (χ1n) is 7.94. The van der Waals surface area contributed by atoms with Crippen LogP contribution in [0.25, 0.3) is 0 Å². The highest BCUT2D eigenvalue weighted by molar-refractivity contribution is 7.99. The maximum absolute atomic E-state index is 12.4. The maximum Gasteiger partial charge on any atom is 0.222 e. The third-order valence-corrected chi connectivity index (χ3v) is 5.21. The smallest absolute Gasteiger partial charge is 0.222 e. The Morgan fingerprint density at radius 2 is 2.14 bits per heavy atom. The van der Waals surface area contributed by atoms with Gasteiger partial charge in [-0.2, -0.15) is 0 Å². The maximum atomic E-state index is 12.4. The summed E-state index contributed by atoms with van der Waals surface area (Å²) in [5, 5.41) is 21.6. The molecule has 1 amide bonds. The lowest BCUT2D eigenvalue weighted by atomic mass is 9.92. The standard InChI is InChI=1S/C14H25N5O2S/c1-3-19(11-6-8-12(20)9-7-11)13(21)5-4-10-22-14-15-16-17-18(14)2/h11-12,20H,3-10H2,1-2H3. The Balaban J connectivity index is 1.71. The summed E-state index contributed by atoms with van der Waals surface area (Å²) in [6.45, 7) is 2.78. The molecule has 0 bridgehead atoms. The van der Waals surface area contributed by atoms with E-state index in [-0.39, 0.29) is 12.0 Å². The highest BCUT2D eigenvalue weighted by Gasteiger charge is 2.26. The number of aromatic nitrogens is 4. The number of tetrazole rings is 1. The summed E-state index contributed by atoms with van der Waals surface area (Å²) in [6, 6.07) is 0.302. The lowest BCUT2D eigenvalue weighted by Crippen LogP contribution is -2.42. The SMILES string of the molecule is CCN(C(=O)CCCSc1nnnn1C)C1CCC(O)CC1. The molecule has 1 N–H and O–H groups in total. The molecule has 1 saturated carbocycles. The number of hydrogen-bond acceptors (Lipinski definition) is 6. The minimum atomic E-state index is -0.179. The molecule has 0 atom stereocenters. The Hall–Kier alpha value is -1.15. The van der Waals surface area contributed by atoms with Crippen LogP contribution in [0.3, 0.4) is 0 Å². The zero-order valence-electron chi connectivity index (χ0n) is 13.3. The van der Waals surface area contributed by atoms with Crippen LogP contribution in [0.1, 0.15) is 45.4 Å². The van der Waals surface area contributed by atoms with Crippen molar-refractivity contribution in [2.45, 2.75) is 62.8 Å². The van der Waals surface area contributed by atoms with Crippen molar-refractivity contribution in [3.8, 4) is 0 Å². The van der Waals surface area contributed by atoms with Crippen LogP contribution in [-0.4, -0.2) is 60.6 Å². The fourth-order valence-corrected chi connectivity index (χ4v) is 3.67. The number of carbonyl (C=O) groups is 1. The summed E-state index contributed by atoms with van der Waals surface area (Å²) in [5.41, 5.74) is 0. The molecule has 22 heavy (non-hydrogen) atoms. The van der Waals surface area contributed by atoms with Gasteiger partial charge in [0.2, 0.25) is 11.1 Å². The summed E-state index contributed by atoms with van der Waals surface area (Å²) in [4.78, 5) is 14.4. The summed E-state index contributed by atoms with van der Waals surface area (Å²) in [6.07, 6.45) is 4.65. The largest absolute Gasteiger partial charge is 0.393 e. The molecule has 1 aliphatic rings. The van der Waals surface area contributed by atoms with Crippen LogP contribution in [0.2, 0.25) is 0 Å². The van der Waals surface area contributed by atoms with Gasteiger partial charge in [0, 0.05) is 31.8 Å². The zero-order valence-corrected chi connectivity index (χ0v) is 14.1. The normalized spacial score (nSPS) is 21.8. The summed E-state index contributed by atoms with van der Waals surface area (Å²) >= 11 is 1.57. The van der Waals surface area contributed by atoms with Gasteiger partial charge in [-0.3, -0.25) is 4.79 Å². The minimum Gasteiger partial charge on any atom is -0.393 e. The van der Waals surface area contributed by atoms with E-state index < -0.39 is 0 Å². The molecular formula is C14H25N5O2S. The van der Waals surface area contributed by atoms with E-state index in [9.17, 15) is 9.90 Å². The molecule has 8 heteroatoms. The Bertz CT molecular complexity index is 474. The van der Waals surface area contributed by atoms with Crippen molar-refractivity contribution in [3.05, 3.63) is 0 Å². The van der Waals surface area contributed by atoms with Crippen molar-refractivity contribution in [2.24, 2.45) is 7.05 Å². The van der Waals surface area contributed by atoms with Crippen LogP contribution in [0.4, 0.5) is 0 Å². The van der Waals surface area contributed by atoms with Gasteiger partial charge in [-0.1, -0.05) is 11.8 Å². The number of hydrogen-bond donors (Lipinski definition) is 1. The minimum absolute atomic E-state index is 0.179. The van der Waals surface area contributed by atoms with E-state index in [0.717, 1.165) is 49.6 Å². The van der Waals surface area contributed by atoms with Crippen molar-refractivity contribution in [3.63, 3.8) is 0 Å². The van der Waals surface area contributed by atoms with E-state index in [1.807, 2.05) is 18.9 Å². The first-order valence-corrected chi connectivity index (χ1v) is 8.93. The van der Waals surface area contributed by atoms with Gasteiger partial charge in [-0.15, -0.1) is 5.10 Å². The fraction of sp³-hybridized carbons (Fsp3) is 0.857. The number of carbonyl (C=O) groups excluding carboxylic acids is 1. The summed E-state index contributed by atoms with van der Waals surface area (Å²) in [5.74, 6) is 1.06. The summed E-state index contributed by atoms with van der Waals surface area (Å²) in [7, 11) is 1.81. The quantitative estimate of drug-likeness (QED) is 0.599. The zero-order chi connectivity index (χ0) is 15.9. The number of aliphatic hydroxyl groups is 1. The predicted molar refractivity (Wildman–Crippen MR) is 84.4 cm³/mol. The molecular weight excluding hydrogens is 302 g/mol. The van der Waals surface area contributed by atoms with E-state index >= 15 is 0 Å². The molecule has 0 aliphatic heterocycles. The van der Waals surface area contributed by atoms with Gasteiger partial charge >= 0.3 is 0 Å². The average molecular weight is 327 g/mol. The topological polar surface area (TPSA) is 84.1 Å². The van der Waals surface area contributed by atoms with Gasteiger partial charge in [0.25, 0.3) is 0 Å². The van der Waals surface area contributed by atoms with Crippen LogP contribution >= 0.6 is 11.8 Å². The van der Waals surface area contributed by atoms with Crippen molar-refractivity contribution in [1.82, 2.24) is 25.1 Å². The summed E-state index contributed by atoms with van der Waals surface area (Å²) < 4.78 is 1.64. The lowest BCUT2D eigenvalue weighted by molar-refractivity contribution is -0.134. The van der Waals surface area contributed by atoms with Crippen molar-refractivity contribution in [1.29, 1.82) is 0 Å². The first-order chi connectivity index (χ1) is 10.6. The van der Waals surface area contributed by atoms with Crippen LogP contribution in [0.5, 0.6) is 0 Å². The molecule has 1 fully saturated rings. The molecule has 1 aliphatic carbocycles. The second-order valence-corrected chi connectivity index (χ2v) is 6.74. The van der Waals surface area contributed by atoms with Crippen LogP contribution < -0.4 is 0 Å². The molecule has 1 aromatic heterocycles. The van der Waals surface area contributed by atoms with E-state index in [1.165, 1.54) is 0 Å². The average Bonchev–Trinajstić information content (AvgIpc) is 2.92. The van der Waals surface area contributed by atoms with Gasteiger partial charge in [-0.05, 0) is 49.5 Å². The monoisotopic (exact) mass is 327 g/mol. The van der Waals surface area contributed by atoms with E-state index in [0.29, 0.717) is 12.5 Å². The van der Waals surface area contributed by atoms with Gasteiger partial charge in [0.05, 0.1) is 6.10 Å². The van der Waals surface area contributed by atoms with Crippen molar-refractivity contribution in [2.75, 3.05) is 12.3 Å². The molecule has 0 aromatic carbocycles. The third kappa shape index (κ3) is 4.67. The van der Waals surface area contributed by atoms with Crippen molar-refractivity contribution >= 4 is 17.7 Å². The van der Waals surface area contributed by atoms with E-state index in [1.54, 1.807) is 16.4 Å². The second kappa shape index (κ2) is 8.47. The Kier molecular flexibility index (Phi) is 6.63. The molecule has 1 aromatic rings. The molecule has 0 spiro atoms. The van der Waals surface area contributed by atoms with E-state index in [2.05, 4.69) is 15.5 Å². The number of rotatable bonds is 7. The van der Waals surface area contributed by atoms with Gasteiger partial charge < -0.3 is 10.0 Å². The third-order valence-electron chi connectivity index (χ3n) is 4.12. The number of aliphatic hydroxyl groups excluding tert-OH is 1. The Labute approximate surface area is 135 Å². The van der Waals surface area contributed by atoms with Crippen molar-refractivity contribution < 1.29 is 9.90 Å². The Morgan fingerprint density at radius 1 is 1.41 bits per heavy atom. The lowest BCUT2D eigenvalue weighted by Gasteiger charge is -2.35. The van der Waals surface area contributed by atoms with Gasteiger partial charge in [-0.25, -0.2) is 4.68 Å². The molecule has 0 saturated heterocycles. The molecule has 0 unspecified atom stereocenters. The predicted octanol–water partition coefficient (Wildman–Crippen LogP) is 1.23. The number of amides is 1. The second-order valence-electron chi connectivity index (χ2n) is 5.68. The van der Waals surface area contributed by atoms with Crippen LogP contribution in [-0.2, 0) is 11.8 Å². The van der Waals surface area contributed by atoms with Gasteiger partial charge in [0.15, 0.2) is 0 Å². The number of aryl methyl sites for hydroxylation is 1. The Morgan fingerprint density at radius 3 is 2.73 bits per heavy atom. The number of nitrogens with zero attached hydrogens (tertiary/aromatic N) is 5. The van der Waals surface area contributed by atoms with E-state index in [4.69, 9.17) is 0 Å². The van der Waals surface area contributed by atoms with Crippen LogP contribution in [0.15, 0.2) is 5.16 Å². The van der Waals surface area contributed by atoms with Gasteiger partial charge in [0.1, 0.15) is 0 Å². The fourth-order valence-electron chi connectivity index (χ4n) is 2.88. The number of thioether (sulfide) groups is 1. The highest BCUT2D eigenvalue weighted by atomic mass is 32.2. The molecule has 0 radical (unpaired) electrons. The molecule has 1 heterocycles. The first kappa shape index (κ1) is 17.2. The molecule has 7 nitrogen and oxygen atoms in total. The molecule has 124 valence electrons.